The van der Waals surface area contributed by atoms with E-state index in [1.165, 1.54) is 0 Å². The number of rotatable bonds is 9. The second-order valence-electron chi connectivity index (χ2n) is 7.04. The van der Waals surface area contributed by atoms with Crippen LogP contribution in [0.3, 0.4) is 0 Å². The molecule has 2 rings (SSSR count). The SMILES string of the molecule is C=c1nc(CN2CCN(C=O)CC2)nc(NCCCN(C)C)/c1=C/C=C\C. The normalized spacial score (nSPS) is 16.4. The van der Waals surface area contributed by atoms with E-state index in [4.69, 9.17) is 4.98 Å². The van der Waals surface area contributed by atoms with Crippen LogP contribution in [0.1, 0.15) is 19.2 Å². The van der Waals surface area contributed by atoms with Gasteiger partial charge < -0.3 is 15.1 Å². The standard InChI is InChI=1S/C20H32N6O/c1-5-6-8-18-17(2)22-19(15-25-11-13-26(16-27)14-12-25)23-20(18)21-9-7-10-24(3)4/h5-6,8,16H,2,7,9-15H2,1,3-4H3,(H,21,22,23)/b6-5-,18-8+. The molecule has 0 spiro atoms. The number of piperazine rings is 1. The van der Waals surface area contributed by atoms with Gasteiger partial charge in [0, 0.05) is 37.9 Å². The molecule has 1 aromatic rings. The second-order valence-corrected chi connectivity index (χ2v) is 7.04. The molecule has 0 unspecified atom stereocenters. The highest BCUT2D eigenvalue weighted by Gasteiger charge is 2.17. The Morgan fingerprint density at radius 2 is 1.96 bits per heavy atom. The van der Waals surface area contributed by atoms with Crippen molar-refractivity contribution in [2.24, 2.45) is 0 Å². The molecule has 1 aliphatic heterocycles. The fourth-order valence-corrected chi connectivity index (χ4v) is 2.97. The maximum atomic E-state index is 10.9. The third kappa shape index (κ3) is 6.77. The summed E-state index contributed by atoms with van der Waals surface area (Å²) in [6.07, 6.45) is 7.93. The van der Waals surface area contributed by atoms with Crippen LogP contribution in [0.4, 0.5) is 5.82 Å². The highest BCUT2D eigenvalue weighted by atomic mass is 16.1. The number of allylic oxidation sites excluding steroid dienone is 2. The Balaban J connectivity index is 2.14. The summed E-state index contributed by atoms with van der Waals surface area (Å²) in [5, 5.41) is 5.13. The average Bonchev–Trinajstić information content (AvgIpc) is 2.65. The minimum absolute atomic E-state index is 0.672. The molecule has 0 bridgehead atoms. The molecule has 0 aliphatic carbocycles. The predicted octanol–water partition coefficient (Wildman–Crippen LogP) is -0.119. The van der Waals surface area contributed by atoms with Gasteiger partial charge in [0.2, 0.25) is 6.41 Å². The van der Waals surface area contributed by atoms with Gasteiger partial charge in [0.25, 0.3) is 0 Å². The van der Waals surface area contributed by atoms with Crippen LogP contribution in [0, 0.1) is 0 Å². The maximum absolute atomic E-state index is 10.9. The first-order valence-corrected chi connectivity index (χ1v) is 9.52. The first kappa shape index (κ1) is 21.1. The zero-order valence-corrected chi connectivity index (χ0v) is 16.8. The van der Waals surface area contributed by atoms with E-state index in [2.05, 4.69) is 40.8 Å². The number of hydrogen-bond donors (Lipinski definition) is 1. The Bertz CT molecular complexity index is 738. The smallest absolute Gasteiger partial charge is 0.209 e. The Morgan fingerprint density at radius 3 is 2.59 bits per heavy atom. The second kappa shape index (κ2) is 10.8. The lowest BCUT2D eigenvalue weighted by Crippen LogP contribution is -2.45. The fourth-order valence-electron chi connectivity index (χ4n) is 2.97. The molecule has 2 heterocycles. The molecule has 0 aromatic carbocycles. The number of amides is 1. The van der Waals surface area contributed by atoms with Gasteiger partial charge in [-0.15, -0.1) is 0 Å². The lowest BCUT2D eigenvalue weighted by Gasteiger charge is -2.31. The molecule has 0 radical (unpaired) electrons. The molecule has 1 amide bonds. The van der Waals surface area contributed by atoms with Gasteiger partial charge in [-0.1, -0.05) is 18.7 Å². The number of carbonyl (C=O) groups is 1. The van der Waals surface area contributed by atoms with Crippen molar-refractivity contribution < 1.29 is 4.79 Å². The zero-order chi connectivity index (χ0) is 19.6. The molecular weight excluding hydrogens is 340 g/mol. The van der Waals surface area contributed by atoms with Gasteiger partial charge in [0.15, 0.2) is 0 Å². The Kier molecular flexibility index (Phi) is 8.42. The van der Waals surface area contributed by atoms with Crippen LogP contribution in [0.2, 0.25) is 0 Å². The number of hydrogen-bond acceptors (Lipinski definition) is 6. The van der Waals surface area contributed by atoms with Crippen LogP contribution in [-0.4, -0.2) is 84.4 Å². The van der Waals surface area contributed by atoms with E-state index >= 15 is 0 Å². The summed E-state index contributed by atoms with van der Waals surface area (Å²) in [7, 11) is 4.15. The maximum Gasteiger partial charge on any atom is 0.209 e. The molecule has 0 atom stereocenters. The van der Waals surface area contributed by atoms with Crippen molar-refractivity contribution in [2.45, 2.75) is 19.9 Å². The molecule has 148 valence electrons. The minimum atomic E-state index is 0.672. The van der Waals surface area contributed by atoms with Crippen molar-refractivity contribution in [1.82, 2.24) is 24.7 Å². The summed E-state index contributed by atoms with van der Waals surface area (Å²) < 4.78 is 0. The molecule has 7 heteroatoms. The van der Waals surface area contributed by atoms with Crippen molar-refractivity contribution in [1.29, 1.82) is 0 Å². The topological polar surface area (TPSA) is 64.6 Å². The van der Waals surface area contributed by atoms with Crippen LogP contribution in [0.5, 0.6) is 0 Å². The molecule has 1 saturated heterocycles. The summed E-state index contributed by atoms with van der Waals surface area (Å²) in [4.78, 5) is 26.5. The van der Waals surface area contributed by atoms with Crippen LogP contribution in [0.15, 0.2) is 12.2 Å². The lowest BCUT2D eigenvalue weighted by atomic mass is 10.3. The van der Waals surface area contributed by atoms with Crippen molar-refractivity contribution in [2.75, 3.05) is 58.7 Å². The van der Waals surface area contributed by atoms with E-state index < -0.39 is 0 Å². The third-order valence-corrected chi connectivity index (χ3v) is 4.52. The van der Waals surface area contributed by atoms with E-state index in [0.29, 0.717) is 6.54 Å². The summed E-state index contributed by atoms with van der Waals surface area (Å²) in [5.41, 5.74) is 0. The highest BCUT2D eigenvalue weighted by Crippen LogP contribution is 2.04. The average molecular weight is 373 g/mol. The number of nitrogens with one attached hydrogen (secondary N) is 1. The van der Waals surface area contributed by atoms with Crippen LogP contribution in [0.25, 0.3) is 12.7 Å². The Morgan fingerprint density at radius 1 is 1.22 bits per heavy atom. The van der Waals surface area contributed by atoms with E-state index in [9.17, 15) is 4.79 Å². The third-order valence-electron chi connectivity index (χ3n) is 4.52. The molecule has 7 nitrogen and oxygen atoms in total. The highest BCUT2D eigenvalue weighted by molar-refractivity contribution is 5.48. The molecule has 0 saturated carbocycles. The quantitative estimate of drug-likeness (QED) is 0.482. The first-order chi connectivity index (χ1) is 13.0. The number of anilines is 1. The molecule has 1 aromatic heterocycles. The van der Waals surface area contributed by atoms with Crippen LogP contribution in [-0.2, 0) is 11.3 Å². The Hall–Kier alpha value is -2.25. The number of carbonyl (C=O) groups excluding carboxylic acids is 1. The van der Waals surface area contributed by atoms with Crippen LogP contribution >= 0.6 is 0 Å². The van der Waals surface area contributed by atoms with E-state index in [-0.39, 0.29) is 0 Å². The summed E-state index contributed by atoms with van der Waals surface area (Å²) in [6.45, 7) is 11.8. The van der Waals surface area contributed by atoms with Gasteiger partial charge in [-0.2, -0.15) is 0 Å². The molecule has 1 aliphatic rings. The van der Waals surface area contributed by atoms with Crippen molar-refractivity contribution >= 4 is 24.9 Å². The van der Waals surface area contributed by atoms with Crippen LogP contribution < -0.4 is 15.9 Å². The Labute approximate surface area is 162 Å². The van der Waals surface area contributed by atoms with E-state index in [0.717, 1.165) is 74.3 Å². The molecule has 27 heavy (non-hydrogen) atoms. The molecule has 1 fully saturated rings. The summed E-state index contributed by atoms with van der Waals surface area (Å²) >= 11 is 0. The van der Waals surface area contributed by atoms with Gasteiger partial charge in [0.1, 0.15) is 11.6 Å². The van der Waals surface area contributed by atoms with E-state index in [1.807, 2.05) is 25.2 Å². The largest absolute Gasteiger partial charge is 0.369 e. The zero-order valence-electron chi connectivity index (χ0n) is 16.8. The lowest BCUT2D eigenvalue weighted by molar-refractivity contribution is -0.119. The molecule has 1 N–H and O–H groups in total. The summed E-state index contributed by atoms with van der Waals surface area (Å²) in [6, 6.07) is 0. The predicted molar refractivity (Wildman–Crippen MR) is 111 cm³/mol. The monoisotopic (exact) mass is 372 g/mol. The van der Waals surface area contributed by atoms with Gasteiger partial charge in [-0.3, -0.25) is 9.69 Å². The van der Waals surface area contributed by atoms with Gasteiger partial charge in [-0.25, -0.2) is 9.97 Å². The number of aromatic nitrogens is 2. The van der Waals surface area contributed by atoms with Gasteiger partial charge in [-0.05, 0) is 40.1 Å². The van der Waals surface area contributed by atoms with Gasteiger partial charge in [0.05, 0.1) is 11.9 Å². The van der Waals surface area contributed by atoms with E-state index in [1.54, 1.807) is 4.90 Å². The van der Waals surface area contributed by atoms with Crippen molar-refractivity contribution in [3.8, 4) is 0 Å². The fraction of sp³-hybridized carbons (Fsp3) is 0.550. The minimum Gasteiger partial charge on any atom is -0.369 e. The van der Waals surface area contributed by atoms with Crippen molar-refractivity contribution in [3.05, 3.63) is 28.5 Å². The first-order valence-electron chi connectivity index (χ1n) is 9.52. The van der Waals surface area contributed by atoms with Crippen molar-refractivity contribution in [3.63, 3.8) is 0 Å². The van der Waals surface area contributed by atoms with Gasteiger partial charge >= 0.3 is 0 Å². The number of nitrogens with zero attached hydrogens (tertiary/aromatic N) is 5. The molecular formula is C20H32N6O. The summed E-state index contributed by atoms with van der Waals surface area (Å²) in [5.74, 6) is 1.61.